The van der Waals surface area contributed by atoms with Gasteiger partial charge in [-0.2, -0.15) is 5.10 Å². The number of carbonyl (C=O) groups excluding carboxylic acids is 3. The van der Waals surface area contributed by atoms with E-state index in [1.807, 2.05) is 36.4 Å². The van der Waals surface area contributed by atoms with Crippen LogP contribution in [0.3, 0.4) is 0 Å². The third kappa shape index (κ3) is 5.01. The van der Waals surface area contributed by atoms with E-state index in [0.717, 1.165) is 35.5 Å². The number of carbonyl (C=O) groups is 3. The van der Waals surface area contributed by atoms with Crippen molar-refractivity contribution in [2.24, 2.45) is 0 Å². The van der Waals surface area contributed by atoms with Gasteiger partial charge in [0.15, 0.2) is 5.82 Å². The first-order valence-electron chi connectivity index (χ1n) is 11.7. The molecule has 4 N–H and O–H groups in total. The number of ether oxygens (including phenoxy) is 1. The fourth-order valence-electron chi connectivity index (χ4n) is 4.44. The van der Waals surface area contributed by atoms with Gasteiger partial charge < -0.3 is 20.3 Å². The van der Waals surface area contributed by atoms with Gasteiger partial charge >= 0.3 is 6.03 Å². The number of hydrazine groups is 1. The molecule has 0 atom stereocenters. The smallest absolute Gasteiger partial charge is 0.333 e. The third-order valence-electron chi connectivity index (χ3n) is 6.21. The van der Waals surface area contributed by atoms with Crippen LogP contribution in [0.1, 0.15) is 29.7 Å². The molecule has 2 aliphatic heterocycles. The fourth-order valence-corrected chi connectivity index (χ4v) is 4.44. The predicted molar refractivity (Wildman–Crippen MR) is 133 cm³/mol. The predicted octanol–water partition coefficient (Wildman–Crippen LogP) is 2.78. The van der Waals surface area contributed by atoms with Crippen LogP contribution in [-0.2, 0) is 29.1 Å². The molecule has 5 rings (SSSR count). The lowest BCUT2D eigenvalue weighted by molar-refractivity contribution is -0.117. The zero-order valence-electron chi connectivity index (χ0n) is 19.8. The summed E-state index contributed by atoms with van der Waals surface area (Å²) in [7, 11) is 1.54. The molecule has 2 aromatic carbocycles. The Kier molecular flexibility index (Phi) is 6.54. The number of hydrogen-bond acceptors (Lipinski definition) is 6. The summed E-state index contributed by atoms with van der Waals surface area (Å²) in [5.41, 5.74) is 6.70. The third-order valence-corrected chi connectivity index (χ3v) is 6.21. The Bertz CT molecular complexity index is 1290. The van der Waals surface area contributed by atoms with E-state index >= 15 is 0 Å². The number of benzene rings is 2. The molecule has 0 spiro atoms. The molecule has 0 bridgehead atoms. The summed E-state index contributed by atoms with van der Waals surface area (Å²) in [6, 6.07) is 14.2. The molecule has 11 nitrogen and oxygen atoms in total. The average molecular weight is 490 g/mol. The fraction of sp³-hybridized carbons (Fsp3) is 0.280. The minimum atomic E-state index is -0.401. The Labute approximate surface area is 207 Å². The number of urea groups is 1. The van der Waals surface area contributed by atoms with Crippen LogP contribution in [0, 0.1) is 0 Å². The van der Waals surface area contributed by atoms with Crippen molar-refractivity contribution in [1.29, 1.82) is 0 Å². The molecule has 3 aromatic rings. The van der Waals surface area contributed by atoms with Crippen molar-refractivity contribution in [1.82, 2.24) is 20.6 Å². The van der Waals surface area contributed by atoms with Crippen LogP contribution < -0.4 is 25.7 Å². The Hall–Kier alpha value is -4.38. The molecular weight excluding hydrogens is 462 g/mol. The van der Waals surface area contributed by atoms with Crippen LogP contribution in [0.5, 0.6) is 5.75 Å². The number of methoxy groups -OCH3 is 1. The number of anilines is 3. The molecule has 0 saturated carbocycles. The molecule has 4 amide bonds. The van der Waals surface area contributed by atoms with Crippen molar-refractivity contribution < 1.29 is 19.1 Å². The molecule has 2 aliphatic rings. The number of hydrogen-bond donors (Lipinski definition) is 4. The van der Waals surface area contributed by atoms with E-state index < -0.39 is 6.03 Å². The van der Waals surface area contributed by atoms with E-state index in [0.29, 0.717) is 36.8 Å². The molecule has 1 saturated heterocycles. The first-order valence-corrected chi connectivity index (χ1v) is 11.7. The maximum Gasteiger partial charge on any atom is 0.333 e. The summed E-state index contributed by atoms with van der Waals surface area (Å²) in [5.74, 6) is 0.944. The maximum atomic E-state index is 12.7. The molecular formula is C25H27N7O4. The zero-order chi connectivity index (χ0) is 25.1. The molecule has 11 heteroatoms. The van der Waals surface area contributed by atoms with E-state index in [1.54, 1.807) is 29.2 Å². The second-order valence-electron chi connectivity index (χ2n) is 8.69. The topological polar surface area (TPSA) is 132 Å². The average Bonchev–Trinajstić information content (AvgIpc) is 3.57. The van der Waals surface area contributed by atoms with Gasteiger partial charge in [0.2, 0.25) is 11.8 Å². The van der Waals surface area contributed by atoms with Gasteiger partial charge in [0.05, 0.1) is 31.5 Å². The lowest BCUT2D eigenvalue weighted by Gasteiger charge is -2.18. The summed E-state index contributed by atoms with van der Waals surface area (Å²) in [5, 5.41) is 14.5. The number of aromatic amines is 1. The van der Waals surface area contributed by atoms with Crippen molar-refractivity contribution in [3.63, 3.8) is 0 Å². The van der Waals surface area contributed by atoms with Gasteiger partial charge in [-0.25, -0.2) is 9.80 Å². The second-order valence-corrected chi connectivity index (χ2v) is 8.69. The van der Waals surface area contributed by atoms with Crippen molar-refractivity contribution in [3.05, 3.63) is 65.4 Å². The van der Waals surface area contributed by atoms with Crippen molar-refractivity contribution in [2.75, 3.05) is 29.2 Å². The molecule has 186 valence electrons. The van der Waals surface area contributed by atoms with Crippen molar-refractivity contribution in [2.45, 2.75) is 32.4 Å². The van der Waals surface area contributed by atoms with E-state index in [1.165, 1.54) is 0 Å². The van der Waals surface area contributed by atoms with E-state index in [2.05, 4.69) is 26.3 Å². The Morgan fingerprint density at radius 1 is 1.08 bits per heavy atom. The highest BCUT2D eigenvalue weighted by Crippen LogP contribution is 2.27. The SMILES string of the molecule is COc1ccccc1NC(=O)NN1Cc2[nH]nc(NC(=O)Cc3ccc(N4CCCC4=O)cc3)c2C1. The minimum Gasteiger partial charge on any atom is -0.495 e. The molecule has 0 aliphatic carbocycles. The van der Waals surface area contributed by atoms with E-state index in [-0.39, 0.29) is 18.2 Å². The molecule has 1 aromatic heterocycles. The van der Waals surface area contributed by atoms with Crippen LogP contribution in [-0.4, -0.2) is 46.7 Å². The van der Waals surface area contributed by atoms with E-state index in [4.69, 9.17) is 4.74 Å². The standard InChI is InChI=1S/C25H27N7O4/c1-36-21-6-3-2-5-19(21)26-25(35)30-31-14-18-20(15-31)28-29-24(18)27-22(33)13-16-8-10-17(11-9-16)32-12-4-7-23(32)34/h2-3,5-6,8-11H,4,7,12-15H2,1H3,(H2,26,30,35)(H2,27,28,29,33). The van der Waals surface area contributed by atoms with Crippen LogP contribution in [0.2, 0.25) is 0 Å². The zero-order valence-corrected chi connectivity index (χ0v) is 19.8. The lowest BCUT2D eigenvalue weighted by atomic mass is 10.1. The Morgan fingerprint density at radius 2 is 1.89 bits per heavy atom. The maximum absolute atomic E-state index is 12.7. The number of H-pyrrole nitrogens is 1. The summed E-state index contributed by atoms with van der Waals surface area (Å²) in [4.78, 5) is 38.8. The molecule has 0 unspecified atom stereocenters. The van der Waals surface area contributed by atoms with Gasteiger partial charge in [-0.15, -0.1) is 0 Å². The summed E-state index contributed by atoms with van der Waals surface area (Å²) in [6.45, 7) is 1.55. The number of amides is 4. The number of aromatic nitrogens is 2. The number of nitrogens with one attached hydrogen (secondary N) is 4. The van der Waals surface area contributed by atoms with Crippen LogP contribution in [0.15, 0.2) is 48.5 Å². The first kappa shape index (κ1) is 23.4. The van der Waals surface area contributed by atoms with Crippen molar-refractivity contribution >= 4 is 35.0 Å². The minimum absolute atomic E-state index is 0.133. The van der Waals surface area contributed by atoms with Crippen LogP contribution in [0.4, 0.5) is 22.0 Å². The monoisotopic (exact) mass is 489 g/mol. The van der Waals surface area contributed by atoms with Gasteiger partial charge in [0, 0.05) is 30.8 Å². The van der Waals surface area contributed by atoms with Crippen molar-refractivity contribution in [3.8, 4) is 5.75 Å². The largest absolute Gasteiger partial charge is 0.495 e. The number of para-hydroxylation sites is 2. The highest BCUT2D eigenvalue weighted by Gasteiger charge is 2.27. The summed E-state index contributed by atoms with van der Waals surface area (Å²) >= 11 is 0. The molecule has 3 heterocycles. The molecule has 36 heavy (non-hydrogen) atoms. The molecule has 0 radical (unpaired) electrons. The normalized spacial score (nSPS) is 15.0. The number of rotatable bonds is 7. The first-order chi connectivity index (χ1) is 17.5. The highest BCUT2D eigenvalue weighted by atomic mass is 16.5. The van der Waals surface area contributed by atoms with E-state index in [9.17, 15) is 14.4 Å². The van der Waals surface area contributed by atoms with Gasteiger partial charge in [0.1, 0.15) is 5.75 Å². The van der Waals surface area contributed by atoms with Gasteiger partial charge in [-0.3, -0.25) is 20.1 Å². The second kappa shape index (κ2) is 10.1. The van der Waals surface area contributed by atoms with Crippen LogP contribution >= 0.6 is 0 Å². The highest BCUT2D eigenvalue weighted by molar-refractivity contribution is 5.95. The van der Waals surface area contributed by atoms with Gasteiger partial charge in [-0.05, 0) is 36.2 Å². The molecule has 1 fully saturated rings. The Balaban J connectivity index is 1.14. The lowest BCUT2D eigenvalue weighted by Crippen LogP contribution is -2.41. The number of nitrogens with zero attached hydrogens (tertiary/aromatic N) is 3. The van der Waals surface area contributed by atoms with Gasteiger partial charge in [0.25, 0.3) is 0 Å². The Morgan fingerprint density at radius 3 is 2.64 bits per heavy atom. The number of fused-ring (bicyclic) bond motifs is 1. The van der Waals surface area contributed by atoms with Gasteiger partial charge in [-0.1, -0.05) is 24.3 Å². The quantitative estimate of drug-likeness (QED) is 0.404. The van der Waals surface area contributed by atoms with Crippen LogP contribution in [0.25, 0.3) is 0 Å². The summed E-state index contributed by atoms with van der Waals surface area (Å²) in [6.07, 6.45) is 1.63. The summed E-state index contributed by atoms with van der Waals surface area (Å²) < 4.78 is 5.26.